The van der Waals surface area contributed by atoms with Gasteiger partial charge < -0.3 is 9.32 Å². The zero-order valence-electron chi connectivity index (χ0n) is 32.9. The SMILES string of the molecule is c1ccc(-c2cc(-c3ccccc3)cc(N(c3ccc(-c4cccc(-c5ccc6ccccc6c5)c4)cc3)c3ccc(-c4cccc5oc6ccccc6c45)cc3)c2)cc1. The number of hydrogen-bond donors (Lipinski definition) is 0. The predicted molar refractivity (Wildman–Crippen MR) is 253 cm³/mol. The Kier molecular flexibility index (Phi) is 8.87. The summed E-state index contributed by atoms with van der Waals surface area (Å²) in [7, 11) is 0. The molecule has 11 rings (SSSR count). The molecule has 2 heteroatoms. The fourth-order valence-electron chi connectivity index (χ4n) is 8.64. The molecule has 0 spiro atoms. The van der Waals surface area contributed by atoms with E-state index in [1.165, 1.54) is 44.2 Å². The van der Waals surface area contributed by atoms with Gasteiger partial charge in [-0.3, -0.25) is 0 Å². The molecule has 0 aliphatic carbocycles. The molecule has 0 saturated carbocycles. The molecule has 0 aliphatic rings. The normalized spacial score (nSPS) is 11.3. The Morgan fingerprint density at radius 1 is 0.267 bits per heavy atom. The van der Waals surface area contributed by atoms with Gasteiger partial charge in [-0.15, -0.1) is 0 Å². The zero-order chi connectivity index (χ0) is 39.8. The quantitative estimate of drug-likeness (QED) is 0.153. The standard InChI is InChI=1S/C58H39NO/c1-3-13-40(14-4-1)49-37-50(41-15-5-2-6-16-41)39-53(38-49)59(52-33-29-44(30-34-52)54-22-12-24-57-58(54)55-21-9-10-23-56(55)60-57)51-31-27-43(28-32-51)46-19-11-20-47(35-46)48-26-25-42-17-7-8-18-45(42)36-48/h1-39H. The van der Waals surface area contributed by atoms with Crippen molar-refractivity contribution in [3.63, 3.8) is 0 Å². The van der Waals surface area contributed by atoms with Gasteiger partial charge in [0.05, 0.1) is 0 Å². The minimum absolute atomic E-state index is 0.897. The van der Waals surface area contributed by atoms with Crippen LogP contribution in [0.25, 0.3) is 88.3 Å². The lowest BCUT2D eigenvalue weighted by atomic mass is 9.96. The first-order valence-electron chi connectivity index (χ1n) is 20.5. The van der Waals surface area contributed by atoms with Crippen molar-refractivity contribution < 1.29 is 4.42 Å². The molecule has 0 bridgehead atoms. The molecule has 60 heavy (non-hydrogen) atoms. The average molecular weight is 766 g/mol. The third kappa shape index (κ3) is 6.61. The number of fused-ring (bicyclic) bond motifs is 4. The largest absolute Gasteiger partial charge is 0.456 e. The summed E-state index contributed by atoms with van der Waals surface area (Å²) in [4.78, 5) is 2.38. The van der Waals surface area contributed by atoms with E-state index in [-0.39, 0.29) is 0 Å². The Morgan fingerprint density at radius 3 is 1.45 bits per heavy atom. The Morgan fingerprint density at radius 2 is 0.750 bits per heavy atom. The number of para-hydroxylation sites is 1. The van der Waals surface area contributed by atoms with E-state index in [1.54, 1.807) is 0 Å². The number of nitrogens with zero attached hydrogens (tertiary/aromatic N) is 1. The second kappa shape index (κ2) is 15.1. The molecule has 0 saturated heterocycles. The van der Waals surface area contributed by atoms with E-state index >= 15 is 0 Å². The topological polar surface area (TPSA) is 16.4 Å². The van der Waals surface area contributed by atoms with Crippen molar-refractivity contribution in [2.75, 3.05) is 4.90 Å². The first-order valence-corrected chi connectivity index (χ1v) is 20.5. The molecule has 2 nitrogen and oxygen atoms in total. The van der Waals surface area contributed by atoms with E-state index in [0.717, 1.165) is 61.3 Å². The maximum absolute atomic E-state index is 6.27. The zero-order valence-corrected chi connectivity index (χ0v) is 32.9. The van der Waals surface area contributed by atoms with Gasteiger partial charge in [0.25, 0.3) is 0 Å². The van der Waals surface area contributed by atoms with E-state index in [1.807, 2.05) is 12.1 Å². The maximum atomic E-state index is 6.27. The number of rotatable bonds is 8. The first kappa shape index (κ1) is 35.2. The van der Waals surface area contributed by atoms with Crippen LogP contribution in [0.4, 0.5) is 17.1 Å². The van der Waals surface area contributed by atoms with Crippen molar-refractivity contribution in [1.29, 1.82) is 0 Å². The van der Waals surface area contributed by atoms with Crippen LogP contribution in [-0.2, 0) is 0 Å². The Balaban J connectivity index is 1.03. The van der Waals surface area contributed by atoms with Crippen molar-refractivity contribution in [2.24, 2.45) is 0 Å². The molecule has 1 aromatic heterocycles. The second-order valence-electron chi connectivity index (χ2n) is 15.3. The molecular formula is C58H39NO. The van der Waals surface area contributed by atoms with Crippen molar-refractivity contribution in [3.8, 4) is 55.6 Å². The van der Waals surface area contributed by atoms with Gasteiger partial charge in [0.15, 0.2) is 0 Å². The van der Waals surface area contributed by atoms with Crippen LogP contribution < -0.4 is 4.90 Å². The summed E-state index contributed by atoms with van der Waals surface area (Å²) in [6, 6.07) is 85.0. The van der Waals surface area contributed by atoms with E-state index in [4.69, 9.17) is 4.42 Å². The molecule has 0 atom stereocenters. The molecule has 282 valence electrons. The van der Waals surface area contributed by atoms with Crippen LogP contribution in [0.1, 0.15) is 0 Å². The van der Waals surface area contributed by atoms with Crippen LogP contribution >= 0.6 is 0 Å². The monoisotopic (exact) mass is 765 g/mol. The highest BCUT2D eigenvalue weighted by Gasteiger charge is 2.18. The molecule has 0 unspecified atom stereocenters. The molecule has 0 fully saturated rings. The van der Waals surface area contributed by atoms with Gasteiger partial charge in [-0.05, 0) is 133 Å². The van der Waals surface area contributed by atoms with Gasteiger partial charge in [0.2, 0.25) is 0 Å². The lowest BCUT2D eigenvalue weighted by Crippen LogP contribution is -2.10. The predicted octanol–water partition coefficient (Wildman–Crippen LogP) is 16.5. The minimum atomic E-state index is 0.897. The molecule has 1 heterocycles. The third-order valence-electron chi connectivity index (χ3n) is 11.6. The molecule has 10 aromatic carbocycles. The van der Waals surface area contributed by atoms with E-state index in [9.17, 15) is 0 Å². The number of hydrogen-bond acceptors (Lipinski definition) is 2. The van der Waals surface area contributed by atoms with E-state index < -0.39 is 0 Å². The minimum Gasteiger partial charge on any atom is -0.456 e. The van der Waals surface area contributed by atoms with Crippen molar-refractivity contribution in [1.82, 2.24) is 0 Å². The summed E-state index contributed by atoms with van der Waals surface area (Å²) in [5.74, 6) is 0. The summed E-state index contributed by atoms with van der Waals surface area (Å²) < 4.78 is 6.27. The van der Waals surface area contributed by atoms with Gasteiger partial charge in [0, 0.05) is 27.8 Å². The fourth-order valence-corrected chi connectivity index (χ4v) is 8.64. The molecule has 0 N–H and O–H groups in total. The maximum Gasteiger partial charge on any atom is 0.136 e. The summed E-state index contributed by atoms with van der Waals surface area (Å²) in [5, 5.41) is 4.77. The van der Waals surface area contributed by atoms with Crippen LogP contribution in [-0.4, -0.2) is 0 Å². The van der Waals surface area contributed by atoms with Crippen LogP contribution in [0, 0.1) is 0 Å². The fraction of sp³-hybridized carbons (Fsp3) is 0. The summed E-state index contributed by atoms with van der Waals surface area (Å²) in [6.07, 6.45) is 0. The Bertz CT molecular complexity index is 3230. The summed E-state index contributed by atoms with van der Waals surface area (Å²) >= 11 is 0. The van der Waals surface area contributed by atoms with Gasteiger partial charge in [-0.2, -0.15) is 0 Å². The van der Waals surface area contributed by atoms with Gasteiger partial charge in [-0.1, -0.05) is 170 Å². The average Bonchev–Trinajstić information content (AvgIpc) is 3.72. The van der Waals surface area contributed by atoms with E-state index in [2.05, 4.69) is 229 Å². The molecule has 11 aromatic rings. The number of anilines is 3. The highest BCUT2D eigenvalue weighted by Crippen LogP contribution is 2.42. The summed E-state index contributed by atoms with van der Waals surface area (Å²) in [6.45, 7) is 0. The Hall–Kier alpha value is -7.94. The third-order valence-corrected chi connectivity index (χ3v) is 11.6. The van der Waals surface area contributed by atoms with Gasteiger partial charge >= 0.3 is 0 Å². The highest BCUT2D eigenvalue weighted by atomic mass is 16.3. The van der Waals surface area contributed by atoms with E-state index in [0.29, 0.717) is 0 Å². The van der Waals surface area contributed by atoms with Crippen LogP contribution in [0.15, 0.2) is 241 Å². The molecular weight excluding hydrogens is 727 g/mol. The van der Waals surface area contributed by atoms with Crippen LogP contribution in [0.2, 0.25) is 0 Å². The van der Waals surface area contributed by atoms with Crippen molar-refractivity contribution >= 4 is 49.8 Å². The first-order chi connectivity index (χ1) is 29.7. The smallest absolute Gasteiger partial charge is 0.136 e. The van der Waals surface area contributed by atoms with Crippen molar-refractivity contribution in [3.05, 3.63) is 237 Å². The number of furan rings is 1. The molecule has 0 amide bonds. The molecule has 0 aliphatic heterocycles. The summed E-state index contributed by atoms with van der Waals surface area (Å²) in [5.41, 5.74) is 16.8. The van der Waals surface area contributed by atoms with Crippen LogP contribution in [0.3, 0.4) is 0 Å². The van der Waals surface area contributed by atoms with Gasteiger partial charge in [-0.25, -0.2) is 0 Å². The molecule has 0 radical (unpaired) electrons. The lowest BCUT2D eigenvalue weighted by Gasteiger charge is -2.27. The highest BCUT2D eigenvalue weighted by molar-refractivity contribution is 6.12. The second-order valence-corrected chi connectivity index (χ2v) is 15.3. The van der Waals surface area contributed by atoms with Crippen LogP contribution in [0.5, 0.6) is 0 Å². The Labute approximate surface area is 349 Å². The number of benzene rings is 10. The van der Waals surface area contributed by atoms with Gasteiger partial charge in [0.1, 0.15) is 11.2 Å². The lowest BCUT2D eigenvalue weighted by molar-refractivity contribution is 0.669. The van der Waals surface area contributed by atoms with Crippen molar-refractivity contribution in [2.45, 2.75) is 0 Å².